The molecule has 0 aliphatic heterocycles. The Hall–Kier alpha value is -3.36. The number of rotatable bonds is 8. The number of hydrogen-bond acceptors (Lipinski definition) is 7. The lowest BCUT2D eigenvalue weighted by molar-refractivity contribution is -0.144. The summed E-state index contributed by atoms with van der Waals surface area (Å²) in [5.74, 6) is -0.0239. The number of benzene rings is 1. The monoisotopic (exact) mass is 487 g/mol. The molecule has 0 aliphatic carbocycles. The van der Waals surface area contributed by atoms with Crippen molar-refractivity contribution in [3.8, 4) is 0 Å². The molecule has 9 nitrogen and oxygen atoms in total. The molecular weight excluding hydrogens is 450 g/mol. The zero-order valence-corrected chi connectivity index (χ0v) is 21.9. The number of pyridine rings is 1. The quantitative estimate of drug-likeness (QED) is 0.397. The van der Waals surface area contributed by atoms with E-state index in [1.165, 1.54) is 11.8 Å². The van der Waals surface area contributed by atoms with E-state index in [1.54, 1.807) is 40.1 Å². The van der Waals surface area contributed by atoms with Crippen LogP contribution in [-0.2, 0) is 19.0 Å². The van der Waals surface area contributed by atoms with Crippen LogP contribution in [0.15, 0.2) is 30.5 Å². The van der Waals surface area contributed by atoms with Gasteiger partial charge < -0.3 is 19.1 Å². The summed E-state index contributed by atoms with van der Waals surface area (Å²) in [7, 11) is 1.59. The standard InChI is InChI=1S/C26H37N3O6/c1-17-9-10-19-14-27-22(12-20(19)11-17)28-23(31)33-15-21(13-26(6,7)16-34-18(2)30)29(8)24(32)35-25(3,4)5/h9-12,14,21H,13,15-16H2,1-8H3,(H,27,28,31)/t21-/m0/s1. The van der Waals surface area contributed by atoms with Crippen molar-refractivity contribution in [1.29, 1.82) is 0 Å². The normalized spacial score (nSPS) is 12.6. The Labute approximate surface area is 207 Å². The van der Waals surface area contributed by atoms with Gasteiger partial charge in [0.1, 0.15) is 18.0 Å². The van der Waals surface area contributed by atoms with Crippen molar-refractivity contribution in [3.63, 3.8) is 0 Å². The Morgan fingerprint density at radius 2 is 1.74 bits per heavy atom. The molecule has 0 radical (unpaired) electrons. The van der Waals surface area contributed by atoms with Crippen LogP contribution in [0.2, 0.25) is 0 Å². The fourth-order valence-corrected chi connectivity index (χ4v) is 3.43. The summed E-state index contributed by atoms with van der Waals surface area (Å²) >= 11 is 0. The second-order valence-electron chi connectivity index (χ2n) is 10.5. The van der Waals surface area contributed by atoms with Crippen LogP contribution in [0.5, 0.6) is 0 Å². The Kier molecular flexibility index (Phi) is 9.06. The van der Waals surface area contributed by atoms with E-state index in [-0.39, 0.29) is 19.2 Å². The van der Waals surface area contributed by atoms with Crippen molar-refractivity contribution in [1.82, 2.24) is 9.88 Å². The molecule has 35 heavy (non-hydrogen) atoms. The van der Waals surface area contributed by atoms with Gasteiger partial charge in [0.2, 0.25) is 0 Å². The number of nitrogens with one attached hydrogen (secondary N) is 1. The number of hydrogen-bond donors (Lipinski definition) is 1. The van der Waals surface area contributed by atoms with E-state index in [0.717, 1.165) is 16.3 Å². The van der Waals surface area contributed by atoms with Crippen LogP contribution in [0.3, 0.4) is 0 Å². The molecule has 0 fully saturated rings. The summed E-state index contributed by atoms with van der Waals surface area (Å²) < 4.78 is 16.1. The molecule has 0 spiro atoms. The molecule has 192 valence electrons. The number of ether oxygens (including phenoxy) is 3. The third kappa shape index (κ3) is 9.42. The maximum atomic E-state index is 12.7. The fraction of sp³-hybridized carbons (Fsp3) is 0.538. The predicted octanol–water partition coefficient (Wildman–Crippen LogP) is 5.31. The fourth-order valence-electron chi connectivity index (χ4n) is 3.43. The van der Waals surface area contributed by atoms with Gasteiger partial charge in [-0.25, -0.2) is 14.6 Å². The summed E-state index contributed by atoms with van der Waals surface area (Å²) in [5, 5.41) is 4.55. The van der Waals surface area contributed by atoms with Gasteiger partial charge >= 0.3 is 18.2 Å². The molecule has 0 unspecified atom stereocenters. The average molecular weight is 488 g/mol. The lowest BCUT2D eigenvalue weighted by atomic mass is 9.86. The SMILES string of the molecule is CC(=O)OCC(C)(C)C[C@@H](COC(=O)Nc1cc2cc(C)ccc2cn1)N(C)C(=O)OC(C)(C)C. The van der Waals surface area contributed by atoms with Crippen LogP contribution >= 0.6 is 0 Å². The van der Waals surface area contributed by atoms with Gasteiger partial charge in [0, 0.05) is 31.0 Å². The van der Waals surface area contributed by atoms with Gasteiger partial charge in [0.15, 0.2) is 0 Å². The highest BCUT2D eigenvalue weighted by Crippen LogP contribution is 2.26. The van der Waals surface area contributed by atoms with E-state index < -0.39 is 29.2 Å². The number of likely N-dealkylation sites (N-methyl/N-ethyl adjacent to an activating group) is 1. The first-order valence-electron chi connectivity index (χ1n) is 11.5. The minimum absolute atomic E-state index is 0.0855. The number of esters is 1. The zero-order valence-electron chi connectivity index (χ0n) is 21.9. The summed E-state index contributed by atoms with van der Waals surface area (Å²) in [6, 6.07) is 7.22. The van der Waals surface area contributed by atoms with Crippen molar-refractivity contribution in [3.05, 3.63) is 36.0 Å². The van der Waals surface area contributed by atoms with E-state index >= 15 is 0 Å². The lowest BCUT2D eigenvalue weighted by Gasteiger charge is -2.35. The van der Waals surface area contributed by atoms with E-state index in [0.29, 0.717) is 12.2 Å². The summed E-state index contributed by atoms with van der Waals surface area (Å²) in [6.07, 6.45) is 0.851. The van der Waals surface area contributed by atoms with Crippen LogP contribution in [0.4, 0.5) is 15.4 Å². The predicted molar refractivity (Wildman–Crippen MR) is 134 cm³/mol. The summed E-state index contributed by atoms with van der Waals surface area (Å²) in [6.45, 7) is 12.6. The Balaban J connectivity index is 2.10. The third-order valence-corrected chi connectivity index (χ3v) is 5.20. The molecule has 9 heteroatoms. The Bertz CT molecular complexity index is 1060. The van der Waals surface area contributed by atoms with Gasteiger partial charge in [-0.1, -0.05) is 37.6 Å². The molecule has 1 N–H and O–H groups in total. The van der Waals surface area contributed by atoms with Crippen molar-refractivity contribution in [2.24, 2.45) is 5.41 Å². The summed E-state index contributed by atoms with van der Waals surface area (Å²) in [5.41, 5.74) is -0.0623. The van der Waals surface area contributed by atoms with Crippen LogP contribution in [0.1, 0.15) is 53.5 Å². The second kappa shape index (κ2) is 11.4. The number of aryl methyl sites for hydroxylation is 1. The lowest BCUT2D eigenvalue weighted by Crippen LogP contribution is -2.46. The van der Waals surface area contributed by atoms with Gasteiger partial charge in [0.05, 0.1) is 12.6 Å². The molecule has 1 aromatic heterocycles. The van der Waals surface area contributed by atoms with Gasteiger partial charge in [0.25, 0.3) is 0 Å². The molecule has 2 amide bonds. The zero-order chi connectivity index (χ0) is 26.4. The smallest absolute Gasteiger partial charge is 0.412 e. The molecule has 1 aromatic carbocycles. The molecule has 0 bridgehead atoms. The first kappa shape index (κ1) is 27.9. The summed E-state index contributed by atoms with van der Waals surface area (Å²) in [4.78, 5) is 42.2. The second-order valence-corrected chi connectivity index (χ2v) is 10.5. The van der Waals surface area contributed by atoms with Crippen LogP contribution in [0, 0.1) is 12.3 Å². The number of fused-ring (bicyclic) bond motifs is 1. The molecule has 1 heterocycles. The molecule has 0 saturated heterocycles. The Morgan fingerprint density at radius 1 is 1.06 bits per heavy atom. The van der Waals surface area contributed by atoms with Crippen LogP contribution < -0.4 is 5.32 Å². The maximum Gasteiger partial charge on any atom is 0.412 e. The number of nitrogens with zero attached hydrogens (tertiary/aromatic N) is 2. The molecular formula is C26H37N3O6. The minimum Gasteiger partial charge on any atom is -0.465 e. The first-order valence-corrected chi connectivity index (χ1v) is 11.5. The largest absolute Gasteiger partial charge is 0.465 e. The van der Waals surface area contributed by atoms with Crippen molar-refractivity contribution < 1.29 is 28.6 Å². The van der Waals surface area contributed by atoms with Crippen molar-refractivity contribution >= 4 is 34.7 Å². The van der Waals surface area contributed by atoms with Crippen LogP contribution in [0.25, 0.3) is 10.8 Å². The van der Waals surface area contributed by atoms with Gasteiger partial charge in [-0.3, -0.25) is 10.1 Å². The number of carbonyl (C=O) groups excluding carboxylic acids is 3. The minimum atomic E-state index is -0.690. The number of aromatic nitrogens is 1. The number of anilines is 1. The van der Waals surface area contributed by atoms with E-state index in [1.807, 2.05) is 39.0 Å². The van der Waals surface area contributed by atoms with Gasteiger partial charge in [-0.15, -0.1) is 0 Å². The van der Waals surface area contributed by atoms with Gasteiger partial charge in [-0.2, -0.15) is 0 Å². The number of amides is 2. The van der Waals surface area contributed by atoms with Gasteiger partial charge in [-0.05, 0) is 45.6 Å². The average Bonchev–Trinajstić information content (AvgIpc) is 2.73. The van der Waals surface area contributed by atoms with Crippen molar-refractivity contribution in [2.45, 2.75) is 66.5 Å². The molecule has 2 rings (SSSR count). The van der Waals surface area contributed by atoms with E-state index in [2.05, 4.69) is 10.3 Å². The highest BCUT2D eigenvalue weighted by atomic mass is 16.6. The third-order valence-electron chi connectivity index (χ3n) is 5.20. The molecule has 0 saturated carbocycles. The topological polar surface area (TPSA) is 107 Å². The van der Waals surface area contributed by atoms with E-state index in [9.17, 15) is 14.4 Å². The van der Waals surface area contributed by atoms with Crippen LogP contribution in [-0.4, -0.2) is 59.9 Å². The highest BCUT2D eigenvalue weighted by molar-refractivity contribution is 5.89. The maximum absolute atomic E-state index is 12.7. The Morgan fingerprint density at radius 3 is 2.37 bits per heavy atom. The first-order chi connectivity index (χ1) is 16.1. The molecule has 0 aliphatic rings. The van der Waals surface area contributed by atoms with E-state index in [4.69, 9.17) is 14.2 Å². The highest BCUT2D eigenvalue weighted by Gasteiger charge is 2.32. The molecule has 2 aromatic rings. The molecule has 1 atom stereocenters. The van der Waals surface area contributed by atoms with Crippen molar-refractivity contribution in [2.75, 3.05) is 25.6 Å². The number of carbonyl (C=O) groups is 3.